The molecule has 0 aromatic heterocycles. The minimum Gasteiger partial charge on any atom is -0.518 e. The normalized spacial score (nSPS) is 13.2. The van der Waals surface area contributed by atoms with Crippen molar-refractivity contribution in [2.45, 2.75) is 220 Å². The van der Waals surface area contributed by atoms with E-state index in [1.165, 1.54) is 37.4 Å². The van der Waals surface area contributed by atoms with E-state index in [1.54, 1.807) is 6.92 Å². The molecule has 0 aromatic rings. The maximum absolute atomic E-state index is 12.5. The number of rotatable bonds is 33. The van der Waals surface area contributed by atoms with E-state index < -0.39 is 42.6 Å². The second-order valence-corrected chi connectivity index (χ2v) is 33.2. The largest absolute Gasteiger partial charge is 0.518 e. The summed E-state index contributed by atoms with van der Waals surface area (Å²) in [5.74, 6) is 0.132. The fraction of sp³-hybridized carbons (Fsp3) is 0.919. The molecule has 0 atom stereocenters. The van der Waals surface area contributed by atoms with Crippen molar-refractivity contribution in [2.24, 2.45) is 0 Å². The van der Waals surface area contributed by atoms with Crippen LogP contribution in [0.25, 0.3) is 0 Å². The highest BCUT2D eigenvalue weighted by Gasteiger charge is 2.57. The summed E-state index contributed by atoms with van der Waals surface area (Å²) in [7, 11) is -13.2. The van der Waals surface area contributed by atoms with Crippen LogP contribution in [0.15, 0.2) is 12.3 Å². The van der Waals surface area contributed by atoms with Gasteiger partial charge >= 0.3 is 34.2 Å². The zero-order valence-electron chi connectivity index (χ0n) is 34.2. The average Bonchev–Trinajstić information content (AvgIpc) is 2.98. The summed E-state index contributed by atoms with van der Waals surface area (Å²) >= 11 is 0. The summed E-state index contributed by atoms with van der Waals surface area (Å²) in [4.78, 5) is 12.5. The lowest BCUT2D eigenvalue weighted by atomic mass is 10.4. The predicted molar refractivity (Wildman–Crippen MR) is 220 cm³/mol. The average molecular weight is 763 g/mol. The van der Waals surface area contributed by atoms with Crippen LogP contribution in [0, 0.1) is 0 Å². The van der Waals surface area contributed by atoms with Crippen molar-refractivity contribution >= 4 is 48.3 Å². The zero-order valence-corrected chi connectivity index (χ0v) is 39.2. The van der Waals surface area contributed by atoms with Crippen molar-refractivity contribution in [3.05, 3.63) is 12.3 Å². The molecule has 0 saturated carbocycles. The third kappa shape index (κ3) is 15.8. The molecule has 0 unspecified atom stereocenters. The van der Waals surface area contributed by atoms with E-state index in [9.17, 15) is 4.79 Å². The van der Waals surface area contributed by atoms with Gasteiger partial charge in [-0.1, -0.05) is 153 Å². The van der Waals surface area contributed by atoms with Gasteiger partial charge in [-0.3, -0.25) is 4.79 Å². The van der Waals surface area contributed by atoms with E-state index in [0.717, 1.165) is 99.7 Å². The summed E-state index contributed by atoms with van der Waals surface area (Å²) in [5, 5.41) is 0. The smallest absolute Gasteiger partial charge is 0.390 e. The second kappa shape index (κ2) is 25.2. The summed E-state index contributed by atoms with van der Waals surface area (Å²) in [6.45, 7) is 30.8. The SMILES string of the molecule is C=C(O[Si](CCC)(CCC)O[Si](CCC)(CCC)O[Si](CCC)(CCC)O[Si](CCC)(CCC)O[Si](CCC)(CCC)CCC)C(C)=O. The molecular weight excluding hydrogens is 681 g/mol. The lowest BCUT2D eigenvalue weighted by Crippen LogP contribution is -2.65. The molecule has 0 N–H and O–H groups in total. The first-order valence-electron chi connectivity index (χ1n) is 20.5. The first kappa shape index (κ1) is 48.1. The Hall–Kier alpha value is 0.134. The molecule has 48 heavy (non-hydrogen) atoms. The Balaban J connectivity index is 7.57. The van der Waals surface area contributed by atoms with Gasteiger partial charge in [0.15, 0.2) is 14.1 Å². The Morgan fingerprint density at radius 2 is 0.625 bits per heavy atom. The predicted octanol–water partition coefficient (Wildman–Crippen LogP) is 13.4. The van der Waals surface area contributed by atoms with E-state index in [1.807, 2.05) is 0 Å². The van der Waals surface area contributed by atoms with Crippen molar-refractivity contribution in [2.75, 3.05) is 0 Å². The van der Waals surface area contributed by atoms with Gasteiger partial charge in [0, 0.05) is 19.0 Å². The van der Waals surface area contributed by atoms with E-state index in [0.29, 0.717) is 0 Å². The van der Waals surface area contributed by atoms with E-state index in [2.05, 4.69) is 82.7 Å². The molecule has 0 amide bonds. The fourth-order valence-corrected chi connectivity index (χ4v) is 39.4. The highest BCUT2D eigenvalue weighted by atomic mass is 28.5. The van der Waals surface area contributed by atoms with Gasteiger partial charge in [-0.2, -0.15) is 0 Å². The van der Waals surface area contributed by atoms with Gasteiger partial charge in [-0.15, -0.1) is 0 Å². The van der Waals surface area contributed by atoms with Gasteiger partial charge < -0.3 is 20.9 Å². The minimum absolute atomic E-state index is 0.114. The Morgan fingerprint density at radius 1 is 0.396 bits per heavy atom. The molecule has 0 heterocycles. The maximum Gasteiger partial charge on any atom is 0.390 e. The maximum atomic E-state index is 12.5. The number of hydrogen-bond donors (Lipinski definition) is 0. The molecular formula is C37H82O6Si5. The standard InChI is InChI=1S/C37H82O6Si5/c1-14-25-44(26-15-2,27-16-3)40-46(30-19-6,31-20-7)42-48(34-23-10,35-24-11)43-47(32-21-8,33-22-9)41-45(28-17-4,29-18-5)39-37(13)36(12)38/h13-35H2,1-12H3. The molecule has 6 nitrogen and oxygen atoms in total. The summed E-state index contributed by atoms with van der Waals surface area (Å²) in [6, 6.07) is 11.2. The second-order valence-electron chi connectivity index (χ2n) is 14.6. The van der Waals surface area contributed by atoms with Crippen molar-refractivity contribution < 1.29 is 25.7 Å². The molecule has 0 saturated heterocycles. The number of hydrogen-bond acceptors (Lipinski definition) is 6. The third-order valence-electron chi connectivity index (χ3n) is 9.38. The van der Waals surface area contributed by atoms with Crippen LogP contribution in [-0.2, 0) is 25.7 Å². The molecule has 0 aliphatic rings. The van der Waals surface area contributed by atoms with E-state index >= 15 is 0 Å². The van der Waals surface area contributed by atoms with Crippen LogP contribution < -0.4 is 0 Å². The van der Waals surface area contributed by atoms with Crippen LogP contribution in [0.1, 0.15) is 154 Å². The Bertz CT molecular complexity index is 832. The number of Topliss-reactive ketones (excluding diaryl/α,β-unsaturated/α-hetero) is 1. The van der Waals surface area contributed by atoms with E-state index in [4.69, 9.17) is 20.9 Å². The molecule has 0 radical (unpaired) electrons. The first-order valence-corrected chi connectivity index (χ1v) is 32.0. The molecule has 0 aromatic carbocycles. The van der Waals surface area contributed by atoms with Gasteiger partial charge in [0.25, 0.3) is 0 Å². The fourth-order valence-electron chi connectivity index (χ4n) is 8.05. The summed E-state index contributed by atoms with van der Waals surface area (Å²) in [6.07, 6.45) is 11.6. The minimum atomic E-state index is -2.87. The van der Waals surface area contributed by atoms with Crippen LogP contribution in [0.2, 0.25) is 66.5 Å². The van der Waals surface area contributed by atoms with Crippen molar-refractivity contribution in [3.63, 3.8) is 0 Å². The quantitative estimate of drug-likeness (QED) is 0.0377. The number of carbonyl (C=O) groups excluding carboxylic acids is 1. The molecule has 0 rings (SSSR count). The van der Waals surface area contributed by atoms with Crippen LogP contribution in [-0.4, -0.2) is 48.3 Å². The van der Waals surface area contributed by atoms with Gasteiger partial charge in [-0.25, -0.2) is 0 Å². The Morgan fingerprint density at radius 3 is 0.875 bits per heavy atom. The molecule has 0 aliphatic heterocycles. The van der Waals surface area contributed by atoms with Crippen LogP contribution in [0.5, 0.6) is 0 Å². The van der Waals surface area contributed by atoms with Crippen LogP contribution in [0.4, 0.5) is 0 Å². The zero-order chi connectivity index (χ0) is 36.7. The highest BCUT2D eigenvalue weighted by Crippen LogP contribution is 2.43. The molecule has 0 fully saturated rings. The number of allylic oxidation sites excluding steroid dienone is 1. The van der Waals surface area contributed by atoms with Gasteiger partial charge in [-0.05, 0) is 54.4 Å². The van der Waals surface area contributed by atoms with Crippen molar-refractivity contribution in [1.29, 1.82) is 0 Å². The monoisotopic (exact) mass is 762 g/mol. The van der Waals surface area contributed by atoms with Gasteiger partial charge in [0.05, 0.1) is 0 Å². The molecule has 0 spiro atoms. The van der Waals surface area contributed by atoms with Crippen LogP contribution in [0.3, 0.4) is 0 Å². The number of carbonyl (C=O) groups is 1. The molecule has 0 aliphatic carbocycles. The van der Waals surface area contributed by atoms with Crippen LogP contribution >= 0.6 is 0 Å². The summed E-state index contributed by atoms with van der Waals surface area (Å²) < 4.78 is 38.2. The van der Waals surface area contributed by atoms with Gasteiger partial charge in [0.2, 0.25) is 0 Å². The van der Waals surface area contributed by atoms with Crippen molar-refractivity contribution in [1.82, 2.24) is 0 Å². The molecule has 286 valence electrons. The molecule has 11 heteroatoms. The van der Waals surface area contributed by atoms with Gasteiger partial charge in [0.1, 0.15) is 5.76 Å². The Kier molecular flexibility index (Phi) is 25.2. The third-order valence-corrected chi connectivity index (χ3v) is 36.5. The lowest BCUT2D eigenvalue weighted by molar-refractivity contribution is -0.115. The molecule has 0 bridgehead atoms. The highest BCUT2D eigenvalue weighted by molar-refractivity contribution is 6.92. The number of ketones is 1. The van der Waals surface area contributed by atoms with Crippen molar-refractivity contribution in [3.8, 4) is 0 Å². The van der Waals surface area contributed by atoms with E-state index in [-0.39, 0.29) is 11.5 Å². The first-order chi connectivity index (χ1) is 22.8. The Labute approximate surface area is 305 Å². The summed E-state index contributed by atoms with van der Waals surface area (Å²) in [5.41, 5.74) is 0. The lowest BCUT2D eigenvalue weighted by Gasteiger charge is -2.50. The topological polar surface area (TPSA) is 63.2 Å².